The van der Waals surface area contributed by atoms with Gasteiger partial charge in [0.1, 0.15) is 0 Å². The Morgan fingerprint density at radius 1 is 1.38 bits per heavy atom. The van der Waals surface area contributed by atoms with Crippen LogP contribution in [0.15, 0.2) is 24.3 Å². The molecule has 0 bridgehead atoms. The zero-order valence-corrected chi connectivity index (χ0v) is 15.1. The number of hydrogen-bond acceptors (Lipinski definition) is 4. The van der Waals surface area contributed by atoms with Crippen molar-refractivity contribution in [2.75, 3.05) is 20.1 Å². The minimum atomic E-state index is -0.524. The molecule has 2 heterocycles. The fourth-order valence-electron chi connectivity index (χ4n) is 3.75. The molecule has 7 nitrogen and oxygen atoms in total. The maximum Gasteiger partial charge on any atom is 0.253 e. The highest BCUT2D eigenvalue weighted by molar-refractivity contribution is 5.99. The fraction of sp³-hybridized carbons (Fsp3) is 0.474. The number of piperidine rings is 1. The number of amides is 2. The summed E-state index contributed by atoms with van der Waals surface area (Å²) in [6.07, 6.45) is 2.09. The molecule has 2 amide bonds. The van der Waals surface area contributed by atoms with Crippen LogP contribution >= 0.6 is 0 Å². The Balaban J connectivity index is 1.74. The molecule has 0 aromatic heterocycles. The summed E-state index contributed by atoms with van der Waals surface area (Å²) in [7, 11) is 1.60. The molecule has 2 saturated heterocycles. The van der Waals surface area contributed by atoms with E-state index in [2.05, 4.69) is 11.4 Å². The molecule has 2 atom stereocenters. The van der Waals surface area contributed by atoms with E-state index in [0.717, 1.165) is 12.8 Å². The van der Waals surface area contributed by atoms with Crippen molar-refractivity contribution in [1.82, 2.24) is 15.1 Å². The van der Waals surface area contributed by atoms with Crippen molar-refractivity contribution in [3.8, 4) is 6.07 Å². The highest BCUT2D eigenvalue weighted by atomic mass is 16.2. The molecule has 136 valence electrons. The van der Waals surface area contributed by atoms with Crippen molar-refractivity contribution in [1.29, 1.82) is 10.7 Å². The SMILES string of the molecule is CN1C(=N)N[C@](C)(C2CCCN(C(=O)c3ccc(C#N)cc3)C2)CC1=O. The lowest BCUT2D eigenvalue weighted by Crippen LogP contribution is -2.65. The number of guanidine groups is 1. The van der Waals surface area contributed by atoms with E-state index in [4.69, 9.17) is 10.7 Å². The third kappa shape index (κ3) is 3.27. The second-order valence-electron chi connectivity index (χ2n) is 7.30. The number of benzene rings is 1. The summed E-state index contributed by atoms with van der Waals surface area (Å²) >= 11 is 0. The minimum absolute atomic E-state index is 0.0582. The molecular weight excluding hydrogens is 330 g/mol. The highest BCUT2D eigenvalue weighted by Gasteiger charge is 2.44. The fourth-order valence-corrected chi connectivity index (χ4v) is 3.75. The molecule has 0 saturated carbocycles. The first-order valence-electron chi connectivity index (χ1n) is 8.77. The van der Waals surface area contributed by atoms with Crippen molar-refractivity contribution < 1.29 is 9.59 Å². The molecule has 2 aliphatic heterocycles. The lowest BCUT2D eigenvalue weighted by Gasteiger charge is -2.47. The molecule has 7 heteroatoms. The summed E-state index contributed by atoms with van der Waals surface area (Å²) < 4.78 is 0. The van der Waals surface area contributed by atoms with E-state index in [1.54, 1.807) is 31.3 Å². The van der Waals surface area contributed by atoms with Gasteiger partial charge in [-0.05, 0) is 49.9 Å². The molecule has 0 spiro atoms. The highest BCUT2D eigenvalue weighted by Crippen LogP contribution is 2.33. The lowest BCUT2D eigenvalue weighted by molar-refractivity contribution is -0.130. The van der Waals surface area contributed by atoms with E-state index in [9.17, 15) is 9.59 Å². The molecule has 2 aliphatic rings. The van der Waals surface area contributed by atoms with Crippen LogP contribution in [0.1, 0.15) is 42.1 Å². The van der Waals surface area contributed by atoms with Gasteiger partial charge in [0, 0.05) is 25.7 Å². The van der Waals surface area contributed by atoms with Crippen molar-refractivity contribution in [2.45, 2.75) is 31.7 Å². The molecule has 2 N–H and O–H groups in total. The van der Waals surface area contributed by atoms with Crippen LogP contribution in [-0.2, 0) is 4.79 Å². The van der Waals surface area contributed by atoms with Gasteiger partial charge in [-0.15, -0.1) is 0 Å². The average Bonchev–Trinajstić information content (AvgIpc) is 2.65. The van der Waals surface area contributed by atoms with Crippen molar-refractivity contribution in [2.24, 2.45) is 5.92 Å². The number of rotatable bonds is 2. The summed E-state index contributed by atoms with van der Waals surface area (Å²) in [5, 5.41) is 20.0. The second-order valence-corrected chi connectivity index (χ2v) is 7.30. The largest absolute Gasteiger partial charge is 0.350 e. The van der Waals surface area contributed by atoms with E-state index < -0.39 is 5.54 Å². The van der Waals surface area contributed by atoms with Crippen LogP contribution in [0.25, 0.3) is 0 Å². The van der Waals surface area contributed by atoms with Crippen LogP contribution in [0, 0.1) is 22.7 Å². The zero-order chi connectivity index (χ0) is 18.9. The van der Waals surface area contributed by atoms with E-state index in [1.165, 1.54) is 4.90 Å². The van der Waals surface area contributed by atoms with Crippen molar-refractivity contribution in [3.63, 3.8) is 0 Å². The number of carbonyl (C=O) groups excluding carboxylic acids is 2. The molecule has 1 aromatic rings. The third-order valence-corrected chi connectivity index (χ3v) is 5.50. The monoisotopic (exact) mass is 353 g/mol. The molecule has 3 rings (SSSR count). The topological polar surface area (TPSA) is 100 Å². The maximum absolute atomic E-state index is 12.8. The van der Waals surface area contributed by atoms with E-state index in [0.29, 0.717) is 30.6 Å². The van der Waals surface area contributed by atoms with Gasteiger partial charge in [-0.2, -0.15) is 5.26 Å². The molecular formula is C19H23N5O2. The number of nitrogens with zero attached hydrogens (tertiary/aromatic N) is 3. The van der Waals surface area contributed by atoms with Gasteiger partial charge >= 0.3 is 0 Å². The molecule has 0 radical (unpaired) electrons. The predicted octanol–water partition coefficient (Wildman–Crippen LogP) is 1.56. The Kier molecular flexibility index (Phi) is 4.68. The number of carbonyl (C=O) groups is 2. The Hall–Kier alpha value is -2.88. The number of likely N-dealkylation sites (tertiary alicyclic amines) is 1. The normalized spacial score (nSPS) is 26.3. The summed E-state index contributed by atoms with van der Waals surface area (Å²) in [6, 6.07) is 8.70. The first kappa shape index (κ1) is 17.9. The van der Waals surface area contributed by atoms with Gasteiger partial charge < -0.3 is 10.2 Å². The van der Waals surface area contributed by atoms with Gasteiger partial charge in [0.15, 0.2) is 5.96 Å². The Morgan fingerprint density at radius 3 is 2.69 bits per heavy atom. The van der Waals surface area contributed by atoms with Crippen LogP contribution in [0.3, 0.4) is 0 Å². The summed E-state index contributed by atoms with van der Waals surface area (Å²) in [5.74, 6) is 0.0692. The van der Waals surface area contributed by atoms with Gasteiger partial charge in [-0.25, -0.2) is 0 Å². The van der Waals surface area contributed by atoms with Gasteiger partial charge in [-0.3, -0.25) is 19.9 Å². The van der Waals surface area contributed by atoms with Crippen LogP contribution in [-0.4, -0.2) is 53.2 Å². The average molecular weight is 353 g/mol. The van der Waals surface area contributed by atoms with Crippen LogP contribution < -0.4 is 5.32 Å². The van der Waals surface area contributed by atoms with E-state index in [1.807, 2.05) is 11.8 Å². The summed E-state index contributed by atoms with van der Waals surface area (Å²) in [6.45, 7) is 3.19. The summed E-state index contributed by atoms with van der Waals surface area (Å²) in [5.41, 5.74) is 0.567. The van der Waals surface area contributed by atoms with Crippen LogP contribution in [0.2, 0.25) is 0 Å². The minimum Gasteiger partial charge on any atom is -0.350 e. The first-order chi connectivity index (χ1) is 12.3. The lowest BCUT2D eigenvalue weighted by atomic mass is 9.76. The Morgan fingerprint density at radius 2 is 2.08 bits per heavy atom. The Labute approximate surface area is 153 Å². The predicted molar refractivity (Wildman–Crippen MR) is 96.4 cm³/mol. The second kappa shape index (κ2) is 6.79. The summed E-state index contributed by atoms with van der Waals surface area (Å²) in [4.78, 5) is 28.2. The molecule has 26 heavy (non-hydrogen) atoms. The van der Waals surface area contributed by atoms with Gasteiger partial charge in [-0.1, -0.05) is 0 Å². The van der Waals surface area contributed by atoms with Gasteiger partial charge in [0.2, 0.25) is 5.91 Å². The maximum atomic E-state index is 12.8. The van der Waals surface area contributed by atoms with E-state index >= 15 is 0 Å². The number of hydrogen-bond donors (Lipinski definition) is 2. The molecule has 0 aliphatic carbocycles. The van der Waals surface area contributed by atoms with Crippen molar-refractivity contribution in [3.05, 3.63) is 35.4 Å². The third-order valence-electron chi connectivity index (χ3n) is 5.50. The molecule has 1 unspecified atom stereocenters. The number of nitriles is 1. The first-order valence-corrected chi connectivity index (χ1v) is 8.77. The zero-order valence-electron chi connectivity index (χ0n) is 15.1. The van der Waals surface area contributed by atoms with Gasteiger partial charge in [0.05, 0.1) is 23.6 Å². The standard InChI is InChI=1S/C19H23N5O2/c1-19(10-16(25)23(2)18(21)22-19)15-4-3-9-24(12-15)17(26)14-7-5-13(11-20)6-8-14/h5-8,15H,3-4,9-10,12H2,1-2H3,(H2,21,22)/t15?,19-/m0/s1. The van der Waals surface area contributed by atoms with Crippen molar-refractivity contribution >= 4 is 17.8 Å². The smallest absolute Gasteiger partial charge is 0.253 e. The van der Waals surface area contributed by atoms with Crippen LogP contribution in [0.5, 0.6) is 0 Å². The van der Waals surface area contributed by atoms with E-state index in [-0.39, 0.29) is 23.7 Å². The Bertz CT molecular complexity index is 762. The quantitative estimate of drug-likeness (QED) is 0.842. The molecule has 2 fully saturated rings. The van der Waals surface area contributed by atoms with Gasteiger partial charge in [0.25, 0.3) is 5.91 Å². The van der Waals surface area contributed by atoms with Crippen LogP contribution in [0.4, 0.5) is 0 Å². The molecule has 1 aromatic carbocycles. The number of nitrogens with one attached hydrogen (secondary N) is 2.